The predicted molar refractivity (Wildman–Crippen MR) is 79.4 cm³/mol. The number of benzene rings is 1. The molecule has 0 spiro atoms. The second-order valence-electron chi connectivity index (χ2n) is 5.79. The van der Waals surface area contributed by atoms with E-state index in [0.29, 0.717) is 12.5 Å². The Labute approximate surface area is 115 Å². The fourth-order valence-corrected chi connectivity index (χ4v) is 2.34. The maximum atomic E-state index is 11.8. The molecule has 1 unspecified atom stereocenters. The Bertz CT molecular complexity index is 454. The van der Waals surface area contributed by atoms with Gasteiger partial charge in [0.05, 0.1) is 6.54 Å². The lowest BCUT2D eigenvalue weighted by Crippen LogP contribution is -2.39. The summed E-state index contributed by atoms with van der Waals surface area (Å²) in [4.78, 5) is 11.8. The van der Waals surface area contributed by atoms with Crippen LogP contribution in [-0.2, 0) is 17.6 Å². The van der Waals surface area contributed by atoms with Crippen LogP contribution in [0.2, 0.25) is 0 Å². The van der Waals surface area contributed by atoms with Crippen LogP contribution in [0.15, 0.2) is 18.2 Å². The van der Waals surface area contributed by atoms with Gasteiger partial charge in [-0.1, -0.05) is 19.9 Å². The number of rotatable bonds is 5. The Morgan fingerprint density at radius 2 is 1.95 bits per heavy atom. The van der Waals surface area contributed by atoms with Crippen LogP contribution in [-0.4, -0.2) is 18.5 Å². The molecule has 1 aromatic rings. The van der Waals surface area contributed by atoms with Gasteiger partial charge in [0, 0.05) is 11.7 Å². The molecule has 19 heavy (non-hydrogen) atoms. The van der Waals surface area contributed by atoms with Crippen LogP contribution in [0.25, 0.3) is 0 Å². The third-order valence-electron chi connectivity index (χ3n) is 3.94. The zero-order chi connectivity index (χ0) is 13.8. The molecule has 3 nitrogen and oxygen atoms in total. The van der Waals surface area contributed by atoms with E-state index in [1.807, 2.05) is 6.92 Å². The summed E-state index contributed by atoms with van der Waals surface area (Å²) in [6.45, 7) is 6.60. The highest BCUT2D eigenvalue weighted by molar-refractivity contribution is 5.81. The van der Waals surface area contributed by atoms with Gasteiger partial charge in [0.2, 0.25) is 5.91 Å². The Balaban J connectivity index is 1.84. The Morgan fingerprint density at radius 3 is 2.68 bits per heavy atom. The van der Waals surface area contributed by atoms with Gasteiger partial charge in [-0.2, -0.15) is 0 Å². The van der Waals surface area contributed by atoms with Crippen molar-refractivity contribution in [3.05, 3.63) is 29.3 Å². The van der Waals surface area contributed by atoms with E-state index in [0.717, 1.165) is 5.69 Å². The van der Waals surface area contributed by atoms with Crippen LogP contribution in [0, 0.1) is 5.92 Å². The fraction of sp³-hybridized carbons (Fsp3) is 0.562. The largest absolute Gasteiger partial charge is 0.376 e. The van der Waals surface area contributed by atoms with Crippen molar-refractivity contribution < 1.29 is 4.79 Å². The molecule has 1 aliphatic rings. The number of anilines is 1. The Kier molecular flexibility index (Phi) is 4.46. The number of carbonyl (C=O) groups excluding carboxylic acids is 1. The van der Waals surface area contributed by atoms with E-state index in [-0.39, 0.29) is 11.9 Å². The van der Waals surface area contributed by atoms with Crippen molar-refractivity contribution >= 4 is 11.6 Å². The first-order chi connectivity index (χ1) is 9.06. The molecule has 104 valence electrons. The smallest absolute Gasteiger partial charge is 0.239 e. The van der Waals surface area contributed by atoms with Crippen molar-refractivity contribution in [2.24, 2.45) is 5.92 Å². The first-order valence-corrected chi connectivity index (χ1v) is 7.21. The molecule has 2 rings (SSSR count). The molecular weight excluding hydrogens is 236 g/mol. The summed E-state index contributed by atoms with van der Waals surface area (Å²) in [5, 5.41) is 6.21. The lowest BCUT2D eigenvalue weighted by molar-refractivity contribution is -0.120. The van der Waals surface area contributed by atoms with Crippen molar-refractivity contribution in [1.82, 2.24) is 5.32 Å². The lowest BCUT2D eigenvalue weighted by Gasteiger charge is -2.17. The molecule has 0 heterocycles. The summed E-state index contributed by atoms with van der Waals surface area (Å²) in [5.74, 6) is 0.519. The minimum atomic E-state index is 0.0571. The average molecular weight is 260 g/mol. The number of nitrogens with one attached hydrogen (secondary N) is 2. The highest BCUT2D eigenvalue weighted by Gasteiger charge is 2.12. The van der Waals surface area contributed by atoms with Gasteiger partial charge in [-0.25, -0.2) is 0 Å². The molecule has 2 N–H and O–H groups in total. The van der Waals surface area contributed by atoms with Gasteiger partial charge in [-0.3, -0.25) is 4.79 Å². The summed E-state index contributed by atoms with van der Waals surface area (Å²) in [7, 11) is 0. The average Bonchev–Trinajstić information content (AvgIpc) is 2.83. The maximum Gasteiger partial charge on any atom is 0.239 e. The minimum absolute atomic E-state index is 0.0571. The molecule has 0 bridgehead atoms. The number of fused-ring (bicyclic) bond motifs is 1. The van der Waals surface area contributed by atoms with Crippen LogP contribution in [0.1, 0.15) is 38.3 Å². The van der Waals surface area contributed by atoms with Crippen molar-refractivity contribution in [2.45, 2.75) is 46.1 Å². The standard InChI is InChI=1S/C16H24N2O/c1-11(2)12(3)18-16(19)10-17-15-8-7-13-5-4-6-14(13)9-15/h7-9,11-12,17H,4-6,10H2,1-3H3,(H,18,19). The highest BCUT2D eigenvalue weighted by Crippen LogP contribution is 2.24. The van der Waals surface area contributed by atoms with E-state index in [4.69, 9.17) is 0 Å². The van der Waals surface area contributed by atoms with Crippen molar-refractivity contribution in [2.75, 3.05) is 11.9 Å². The van der Waals surface area contributed by atoms with Crippen LogP contribution in [0.3, 0.4) is 0 Å². The molecule has 1 aromatic carbocycles. The monoisotopic (exact) mass is 260 g/mol. The first-order valence-electron chi connectivity index (χ1n) is 7.21. The Hall–Kier alpha value is -1.51. The van der Waals surface area contributed by atoms with Gasteiger partial charge in [0.15, 0.2) is 0 Å². The SMILES string of the molecule is CC(C)C(C)NC(=O)CNc1ccc2c(c1)CCC2. The van der Waals surface area contributed by atoms with E-state index >= 15 is 0 Å². The van der Waals surface area contributed by atoms with Crippen LogP contribution in [0.4, 0.5) is 5.69 Å². The molecule has 1 aliphatic carbocycles. The highest BCUT2D eigenvalue weighted by atomic mass is 16.1. The summed E-state index contributed by atoms with van der Waals surface area (Å²) in [6.07, 6.45) is 3.62. The number of amides is 1. The normalized spacial score (nSPS) is 15.2. The molecule has 0 radical (unpaired) electrons. The minimum Gasteiger partial charge on any atom is -0.376 e. The number of hydrogen-bond acceptors (Lipinski definition) is 2. The van der Waals surface area contributed by atoms with Gasteiger partial charge in [0.1, 0.15) is 0 Å². The zero-order valence-corrected chi connectivity index (χ0v) is 12.1. The first kappa shape index (κ1) is 13.9. The van der Waals surface area contributed by atoms with Gasteiger partial charge in [-0.05, 0) is 55.4 Å². The summed E-state index contributed by atoms with van der Waals surface area (Å²) in [6, 6.07) is 6.65. The molecule has 1 amide bonds. The van der Waals surface area contributed by atoms with Crippen molar-refractivity contribution in [1.29, 1.82) is 0 Å². The van der Waals surface area contributed by atoms with E-state index in [9.17, 15) is 4.79 Å². The second kappa shape index (κ2) is 6.09. The summed E-state index contributed by atoms with van der Waals surface area (Å²) < 4.78 is 0. The quantitative estimate of drug-likeness (QED) is 0.854. The van der Waals surface area contributed by atoms with Gasteiger partial charge in [-0.15, -0.1) is 0 Å². The Morgan fingerprint density at radius 1 is 1.21 bits per heavy atom. The van der Waals surface area contributed by atoms with Crippen molar-refractivity contribution in [3.63, 3.8) is 0 Å². The lowest BCUT2D eigenvalue weighted by atomic mass is 10.1. The molecule has 0 saturated carbocycles. The van der Waals surface area contributed by atoms with Crippen molar-refractivity contribution in [3.8, 4) is 0 Å². The molecule has 0 aromatic heterocycles. The predicted octanol–water partition coefficient (Wildman–Crippen LogP) is 2.75. The molecule has 0 aliphatic heterocycles. The third kappa shape index (κ3) is 3.72. The van der Waals surface area contributed by atoms with E-state index in [1.54, 1.807) is 0 Å². The number of carbonyl (C=O) groups is 1. The topological polar surface area (TPSA) is 41.1 Å². The van der Waals surface area contributed by atoms with Gasteiger partial charge in [0.25, 0.3) is 0 Å². The molecule has 3 heteroatoms. The molecular formula is C16H24N2O. The fourth-order valence-electron chi connectivity index (χ4n) is 2.34. The van der Waals surface area contributed by atoms with Gasteiger partial charge >= 0.3 is 0 Å². The molecule has 0 fully saturated rings. The zero-order valence-electron chi connectivity index (χ0n) is 12.1. The van der Waals surface area contributed by atoms with E-state index in [2.05, 4.69) is 42.7 Å². The van der Waals surface area contributed by atoms with E-state index in [1.165, 1.54) is 30.4 Å². The van der Waals surface area contributed by atoms with Gasteiger partial charge < -0.3 is 10.6 Å². The van der Waals surface area contributed by atoms with Crippen LogP contribution in [0.5, 0.6) is 0 Å². The molecule has 0 saturated heterocycles. The molecule has 1 atom stereocenters. The van der Waals surface area contributed by atoms with E-state index < -0.39 is 0 Å². The summed E-state index contributed by atoms with van der Waals surface area (Å²) >= 11 is 0. The number of aryl methyl sites for hydroxylation is 2. The second-order valence-corrected chi connectivity index (χ2v) is 5.79. The summed E-state index contributed by atoms with van der Waals surface area (Å²) in [5.41, 5.74) is 3.94. The number of hydrogen-bond donors (Lipinski definition) is 2. The third-order valence-corrected chi connectivity index (χ3v) is 3.94. The maximum absolute atomic E-state index is 11.8. The van der Waals surface area contributed by atoms with Crippen LogP contribution >= 0.6 is 0 Å². The van der Waals surface area contributed by atoms with Crippen LogP contribution < -0.4 is 10.6 Å².